The first-order valence-corrected chi connectivity index (χ1v) is 8.49. The van der Waals surface area contributed by atoms with Crippen molar-refractivity contribution in [3.63, 3.8) is 0 Å². The molecule has 5 heteroatoms. The van der Waals surface area contributed by atoms with Gasteiger partial charge in [-0.3, -0.25) is 4.98 Å². The predicted octanol–water partition coefficient (Wildman–Crippen LogP) is 4.06. The van der Waals surface area contributed by atoms with E-state index in [1.54, 1.807) is 6.20 Å². The number of thiophene rings is 1. The van der Waals surface area contributed by atoms with Gasteiger partial charge in [0.15, 0.2) is 0 Å². The van der Waals surface area contributed by atoms with Crippen molar-refractivity contribution in [3.05, 3.63) is 46.4 Å². The van der Waals surface area contributed by atoms with Crippen molar-refractivity contribution in [2.75, 3.05) is 5.32 Å². The maximum Gasteiger partial charge on any atom is 0.139 e. The van der Waals surface area contributed by atoms with Gasteiger partial charge in [-0.05, 0) is 50.3 Å². The van der Waals surface area contributed by atoms with E-state index >= 15 is 0 Å². The highest BCUT2D eigenvalue weighted by atomic mass is 32.1. The van der Waals surface area contributed by atoms with Gasteiger partial charge >= 0.3 is 0 Å². The van der Waals surface area contributed by atoms with Crippen molar-refractivity contribution < 1.29 is 0 Å². The third-order valence-electron chi connectivity index (χ3n) is 4.21. The summed E-state index contributed by atoms with van der Waals surface area (Å²) in [6.07, 6.45) is 7.29. The van der Waals surface area contributed by atoms with Crippen LogP contribution in [-0.4, -0.2) is 15.0 Å². The second kappa shape index (κ2) is 5.32. The Labute approximate surface area is 133 Å². The van der Waals surface area contributed by atoms with Crippen LogP contribution in [0.5, 0.6) is 0 Å². The number of rotatable bonds is 3. The van der Waals surface area contributed by atoms with Crippen LogP contribution in [0.4, 0.5) is 5.82 Å². The summed E-state index contributed by atoms with van der Waals surface area (Å²) in [4.78, 5) is 16.1. The van der Waals surface area contributed by atoms with Crippen LogP contribution in [0.15, 0.2) is 24.5 Å². The summed E-state index contributed by atoms with van der Waals surface area (Å²) in [6.45, 7) is 4.11. The largest absolute Gasteiger partial charge is 0.363 e. The smallest absolute Gasteiger partial charge is 0.139 e. The topological polar surface area (TPSA) is 50.7 Å². The molecule has 4 rings (SSSR count). The molecule has 0 amide bonds. The fraction of sp³-hybridized carbons (Fsp3) is 0.353. The number of fused-ring (bicyclic) bond motifs is 3. The lowest BCUT2D eigenvalue weighted by Crippen LogP contribution is -2.09. The first-order valence-electron chi connectivity index (χ1n) is 7.67. The molecule has 0 radical (unpaired) electrons. The van der Waals surface area contributed by atoms with Gasteiger partial charge in [-0.25, -0.2) is 9.97 Å². The van der Waals surface area contributed by atoms with Crippen molar-refractivity contribution in [3.8, 4) is 0 Å². The van der Waals surface area contributed by atoms with Gasteiger partial charge in [0.05, 0.1) is 11.4 Å². The van der Waals surface area contributed by atoms with Crippen molar-refractivity contribution in [2.24, 2.45) is 0 Å². The molecule has 4 nitrogen and oxygen atoms in total. The van der Waals surface area contributed by atoms with Gasteiger partial charge in [0, 0.05) is 17.3 Å². The molecule has 3 heterocycles. The quantitative estimate of drug-likeness (QED) is 0.792. The molecule has 0 saturated heterocycles. The lowest BCUT2D eigenvalue weighted by molar-refractivity contribution is 0.863. The first-order chi connectivity index (χ1) is 10.7. The first kappa shape index (κ1) is 13.6. The summed E-state index contributed by atoms with van der Waals surface area (Å²) in [5.74, 6) is 1.80. The number of hydrogen-bond donors (Lipinski definition) is 1. The maximum atomic E-state index is 4.68. The van der Waals surface area contributed by atoms with Gasteiger partial charge in [-0.15, -0.1) is 11.3 Å². The minimum Gasteiger partial charge on any atom is -0.363 e. The Balaban J connectivity index is 1.78. The van der Waals surface area contributed by atoms with Gasteiger partial charge in [-0.2, -0.15) is 0 Å². The van der Waals surface area contributed by atoms with Crippen molar-refractivity contribution in [1.82, 2.24) is 15.0 Å². The second-order valence-electron chi connectivity index (χ2n) is 5.81. The molecule has 3 aromatic rings. The number of hydrogen-bond acceptors (Lipinski definition) is 5. The van der Waals surface area contributed by atoms with E-state index < -0.39 is 0 Å². The van der Waals surface area contributed by atoms with E-state index in [9.17, 15) is 0 Å². The minimum absolute atomic E-state index is 0.170. The summed E-state index contributed by atoms with van der Waals surface area (Å²) in [5.41, 5.74) is 2.62. The van der Waals surface area contributed by atoms with E-state index in [2.05, 4.69) is 33.3 Å². The summed E-state index contributed by atoms with van der Waals surface area (Å²) >= 11 is 1.83. The molecule has 3 aromatic heterocycles. The number of anilines is 1. The fourth-order valence-corrected chi connectivity index (χ4v) is 4.43. The third-order valence-corrected chi connectivity index (χ3v) is 5.40. The molecule has 1 N–H and O–H groups in total. The maximum absolute atomic E-state index is 4.68. The molecule has 0 aromatic carbocycles. The van der Waals surface area contributed by atoms with Crippen LogP contribution in [0.2, 0.25) is 0 Å². The lowest BCUT2D eigenvalue weighted by atomic mass is 10.1. The molecule has 1 atom stereocenters. The van der Waals surface area contributed by atoms with Gasteiger partial charge in [0.25, 0.3) is 0 Å². The van der Waals surface area contributed by atoms with E-state index in [4.69, 9.17) is 0 Å². The monoisotopic (exact) mass is 310 g/mol. The standard InChI is InChI=1S/C17H18N4S/c1-10(12-5-4-8-18-9-12)19-16-15-13-6-3-7-14(13)22-17(15)21-11(2)20-16/h4-5,8-10H,3,6-7H2,1-2H3,(H,19,20,21)/t10-/m1/s1. The predicted molar refractivity (Wildman–Crippen MR) is 90.5 cm³/mol. The summed E-state index contributed by atoms with van der Waals surface area (Å²) in [7, 11) is 0. The van der Waals surface area contributed by atoms with Gasteiger partial charge in [0.1, 0.15) is 16.5 Å². The zero-order chi connectivity index (χ0) is 15.1. The summed E-state index contributed by atoms with van der Waals surface area (Å²) in [6, 6.07) is 4.23. The van der Waals surface area contributed by atoms with E-state index in [0.717, 1.165) is 22.9 Å². The second-order valence-corrected chi connectivity index (χ2v) is 6.89. The Bertz CT molecular complexity index is 826. The number of aryl methyl sites for hydroxylation is 3. The minimum atomic E-state index is 0.170. The molecule has 1 aliphatic carbocycles. The van der Waals surface area contributed by atoms with Crippen molar-refractivity contribution in [2.45, 2.75) is 39.2 Å². The Kier molecular flexibility index (Phi) is 3.30. The van der Waals surface area contributed by atoms with Crippen LogP contribution in [0, 0.1) is 6.92 Å². The number of nitrogens with zero attached hydrogens (tertiary/aromatic N) is 3. The molecular weight excluding hydrogens is 292 g/mol. The van der Waals surface area contributed by atoms with E-state index in [0.29, 0.717) is 0 Å². The molecule has 0 saturated carbocycles. The highest BCUT2D eigenvalue weighted by Crippen LogP contribution is 2.40. The number of pyridine rings is 1. The van der Waals surface area contributed by atoms with E-state index in [1.165, 1.54) is 34.2 Å². The molecular formula is C17H18N4S. The van der Waals surface area contributed by atoms with E-state index in [-0.39, 0.29) is 6.04 Å². The Morgan fingerprint density at radius 2 is 2.18 bits per heavy atom. The van der Waals surface area contributed by atoms with Gasteiger partial charge in [0.2, 0.25) is 0 Å². The zero-order valence-corrected chi connectivity index (χ0v) is 13.6. The van der Waals surface area contributed by atoms with Crippen LogP contribution in [0.3, 0.4) is 0 Å². The van der Waals surface area contributed by atoms with E-state index in [1.807, 2.05) is 30.5 Å². The summed E-state index contributed by atoms with van der Waals surface area (Å²) in [5, 5.41) is 4.81. The third kappa shape index (κ3) is 2.25. The molecule has 1 aliphatic rings. The zero-order valence-electron chi connectivity index (χ0n) is 12.8. The fourth-order valence-electron chi connectivity index (χ4n) is 3.13. The highest BCUT2D eigenvalue weighted by Gasteiger charge is 2.22. The van der Waals surface area contributed by atoms with Gasteiger partial charge in [-0.1, -0.05) is 6.07 Å². The average Bonchev–Trinajstić information content (AvgIpc) is 3.08. The summed E-state index contributed by atoms with van der Waals surface area (Å²) < 4.78 is 0. The number of aromatic nitrogens is 3. The molecule has 0 bridgehead atoms. The average molecular weight is 310 g/mol. The molecule has 0 aliphatic heterocycles. The lowest BCUT2D eigenvalue weighted by Gasteiger charge is -2.16. The molecule has 0 unspecified atom stereocenters. The molecule has 22 heavy (non-hydrogen) atoms. The molecule has 112 valence electrons. The molecule has 0 spiro atoms. The highest BCUT2D eigenvalue weighted by molar-refractivity contribution is 7.19. The number of nitrogens with one attached hydrogen (secondary N) is 1. The SMILES string of the molecule is Cc1nc(N[C@H](C)c2cccnc2)c2c3c(sc2n1)CCC3. The van der Waals surface area contributed by atoms with Crippen LogP contribution >= 0.6 is 11.3 Å². The van der Waals surface area contributed by atoms with Crippen LogP contribution in [0.1, 0.15) is 41.2 Å². The Hall–Kier alpha value is -2.01. The van der Waals surface area contributed by atoms with Crippen LogP contribution in [0.25, 0.3) is 10.2 Å². The van der Waals surface area contributed by atoms with Crippen LogP contribution < -0.4 is 5.32 Å². The van der Waals surface area contributed by atoms with Crippen molar-refractivity contribution >= 4 is 27.4 Å². The molecule has 0 fully saturated rings. The van der Waals surface area contributed by atoms with Gasteiger partial charge < -0.3 is 5.32 Å². The normalized spacial score (nSPS) is 15.0. The van der Waals surface area contributed by atoms with Crippen LogP contribution in [-0.2, 0) is 12.8 Å². The van der Waals surface area contributed by atoms with Crippen molar-refractivity contribution in [1.29, 1.82) is 0 Å². The Morgan fingerprint density at radius 1 is 1.27 bits per heavy atom. The Morgan fingerprint density at radius 3 is 3.00 bits per heavy atom.